The lowest BCUT2D eigenvalue weighted by molar-refractivity contribution is 0.105. The maximum Gasteiger partial charge on any atom is 0.254 e. The molecule has 0 bridgehead atoms. The summed E-state index contributed by atoms with van der Waals surface area (Å²) in [6.07, 6.45) is 6.95. The maximum absolute atomic E-state index is 12.1. The lowest BCUT2D eigenvalue weighted by atomic mass is 10.1. The van der Waals surface area contributed by atoms with E-state index in [1.165, 1.54) is 0 Å². The minimum atomic E-state index is -0.478. The highest BCUT2D eigenvalue weighted by atomic mass is 35.5. The Morgan fingerprint density at radius 2 is 2.00 bits per heavy atom. The van der Waals surface area contributed by atoms with E-state index < -0.39 is 5.78 Å². The molecule has 0 aliphatic rings. The van der Waals surface area contributed by atoms with Gasteiger partial charge in [-0.15, -0.1) is 6.42 Å². The molecule has 0 saturated carbocycles. The van der Waals surface area contributed by atoms with Crippen molar-refractivity contribution >= 4 is 23.0 Å². The van der Waals surface area contributed by atoms with Crippen LogP contribution in [0.15, 0.2) is 42.6 Å². The van der Waals surface area contributed by atoms with Crippen molar-refractivity contribution in [2.24, 2.45) is 0 Å². The van der Waals surface area contributed by atoms with Gasteiger partial charge in [0, 0.05) is 11.8 Å². The van der Waals surface area contributed by atoms with Gasteiger partial charge in [0.25, 0.3) is 5.78 Å². The molecule has 0 saturated heterocycles. The summed E-state index contributed by atoms with van der Waals surface area (Å²) in [6, 6.07) is 12.2. The first kappa shape index (κ1) is 13.9. The Hall–Kier alpha value is -3.08. The normalized spacial score (nSPS) is 10.1. The van der Waals surface area contributed by atoms with E-state index in [0.717, 1.165) is 0 Å². The molecule has 1 aromatic carbocycles. The van der Waals surface area contributed by atoms with E-state index >= 15 is 0 Å². The molecule has 0 aliphatic carbocycles. The Labute approximate surface area is 131 Å². The van der Waals surface area contributed by atoms with Gasteiger partial charge < -0.3 is 0 Å². The van der Waals surface area contributed by atoms with E-state index in [9.17, 15) is 4.79 Å². The monoisotopic (exact) mass is 305 g/mol. The Bertz CT molecular complexity index is 972. The van der Waals surface area contributed by atoms with E-state index in [4.69, 9.17) is 23.3 Å². The second-order valence-corrected chi connectivity index (χ2v) is 4.93. The molecule has 4 nitrogen and oxygen atoms in total. The van der Waals surface area contributed by atoms with E-state index in [-0.39, 0.29) is 5.69 Å². The van der Waals surface area contributed by atoms with Crippen molar-refractivity contribution in [2.45, 2.75) is 0 Å². The summed E-state index contributed by atoms with van der Waals surface area (Å²) in [5, 5.41) is 9.29. The third-order valence-corrected chi connectivity index (χ3v) is 3.53. The van der Waals surface area contributed by atoms with Gasteiger partial charge in [0.15, 0.2) is 5.65 Å². The van der Waals surface area contributed by atoms with Crippen LogP contribution in [-0.4, -0.2) is 15.2 Å². The topological polar surface area (TPSA) is 58.2 Å². The third kappa shape index (κ3) is 2.13. The Morgan fingerprint density at radius 1 is 1.27 bits per heavy atom. The van der Waals surface area contributed by atoms with Crippen molar-refractivity contribution in [1.29, 1.82) is 5.26 Å². The summed E-state index contributed by atoms with van der Waals surface area (Å²) in [6.45, 7) is 0. The predicted octanol–water partition coefficient (Wildman–Crippen LogP) is 3.34. The van der Waals surface area contributed by atoms with Gasteiger partial charge in [0.05, 0.1) is 16.7 Å². The van der Waals surface area contributed by atoms with Crippen LogP contribution in [0.1, 0.15) is 16.1 Å². The number of halogens is 1. The molecule has 104 valence electrons. The van der Waals surface area contributed by atoms with Crippen LogP contribution in [0.25, 0.3) is 16.9 Å². The highest BCUT2D eigenvalue weighted by Crippen LogP contribution is 2.28. The summed E-state index contributed by atoms with van der Waals surface area (Å²) in [4.78, 5) is 16.6. The molecule has 2 heterocycles. The average molecular weight is 306 g/mol. The smallest absolute Gasteiger partial charge is 0.254 e. The van der Waals surface area contributed by atoms with Crippen molar-refractivity contribution in [1.82, 2.24) is 9.38 Å². The molecule has 22 heavy (non-hydrogen) atoms. The van der Waals surface area contributed by atoms with E-state index in [2.05, 4.69) is 10.9 Å². The largest absolute Gasteiger partial charge is 0.294 e. The van der Waals surface area contributed by atoms with Crippen molar-refractivity contribution in [3.63, 3.8) is 0 Å². The third-order valence-electron chi connectivity index (χ3n) is 3.24. The number of nitriles is 1. The van der Waals surface area contributed by atoms with E-state index in [1.54, 1.807) is 47.0 Å². The zero-order chi connectivity index (χ0) is 15.7. The summed E-state index contributed by atoms with van der Waals surface area (Å²) in [7, 11) is 0. The number of pyridine rings is 1. The summed E-state index contributed by atoms with van der Waals surface area (Å²) in [5.74, 6) is 1.64. The molecule has 3 rings (SSSR count). The number of carbonyl (C=O) groups is 1. The molecule has 0 aliphatic heterocycles. The van der Waals surface area contributed by atoms with E-state index in [0.29, 0.717) is 27.5 Å². The first-order valence-electron chi connectivity index (χ1n) is 6.33. The molecule has 0 spiro atoms. The fourth-order valence-corrected chi connectivity index (χ4v) is 2.43. The molecular formula is C17H8ClN3O. The van der Waals surface area contributed by atoms with Crippen LogP contribution < -0.4 is 0 Å². The molecule has 0 unspecified atom stereocenters. The average Bonchev–Trinajstić information content (AvgIpc) is 2.95. The zero-order valence-electron chi connectivity index (χ0n) is 11.2. The fourth-order valence-electron chi connectivity index (χ4n) is 2.22. The maximum atomic E-state index is 12.1. The number of fused-ring (bicyclic) bond motifs is 1. The van der Waals surface area contributed by atoms with Crippen LogP contribution in [0.4, 0.5) is 0 Å². The van der Waals surface area contributed by atoms with Crippen molar-refractivity contribution < 1.29 is 4.79 Å². The quantitative estimate of drug-likeness (QED) is 0.414. The Balaban J connectivity index is 2.33. The van der Waals surface area contributed by atoms with Crippen LogP contribution in [-0.2, 0) is 0 Å². The van der Waals surface area contributed by atoms with Gasteiger partial charge in [-0.05, 0) is 30.2 Å². The standard InChI is InChI=1S/C17H8ClN3O/c1-2-14(22)16-15(12-7-5-11(10-19)6-8-12)20-17-13(18)4-3-9-21(16)17/h1,3-9H. The van der Waals surface area contributed by atoms with Crippen LogP contribution in [0.2, 0.25) is 5.02 Å². The molecule has 5 heteroatoms. The molecule has 0 fully saturated rings. The predicted molar refractivity (Wildman–Crippen MR) is 83.5 cm³/mol. The van der Waals surface area contributed by atoms with Crippen molar-refractivity contribution in [3.8, 4) is 29.7 Å². The van der Waals surface area contributed by atoms with Gasteiger partial charge in [-0.25, -0.2) is 4.98 Å². The highest BCUT2D eigenvalue weighted by Gasteiger charge is 2.20. The fraction of sp³-hybridized carbons (Fsp3) is 0. The van der Waals surface area contributed by atoms with Gasteiger partial charge >= 0.3 is 0 Å². The van der Waals surface area contributed by atoms with Crippen LogP contribution in [0.5, 0.6) is 0 Å². The molecule has 0 amide bonds. The van der Waals surface area contributed by atoms with Gasteiger partial charge in [-0.3, -0.25) is 9.20 Å². The number of nitrogens with zero attached hydrogens (tertiary/aromatic N) is 3. The molecule has 0 radical (unpaired) electrons. The minimum Gasteiger partial charge on any atom is -0.294 e. The summed E-state index contributed by atoms with van der Waals surface area (Å²) in [5.41, 5.74) is 2.40. The van der Waals surface area contributed by atoms with Crippen LogP contribution in [0, 0.1) is 23.7 Å². The zero-order valence-corrected chi connectivity index (χ0v) is 12.0. The molecular weight excluding hydrogens is 298 g/mol. The number of imidazole rings is 1. The number of aromatic nitrogens is 2. The lowest BCUT2D eigenvalue weighted by Crippen LogP contribution is -2.02. The van der Waals surface area contributed by atoms with Crippen LogP contribution in [0.3, 0.4) is 0 Å². The van der Waals surface area contributed by atoms with Crippen LogP contribution >= 0.6 is 11.6 Å². The molecule has 3 aromatic rings. The number of Topliss-reactive ketones (excluding diaryl/α,β-unsaturated/α-hetero) is 1. The second kappa shape index (κ2) is 5.37. The number of rotatable bonds is 2. The second-order valence-electron chi connectivity index (χ2n) is 4.52. The highest BCUT2D eigenvalue weighted by molar-refractivity contribution is 6.33. The number of hydrogen-bond acceptors (Lipinski definition) is 3. The lowest BCUT2D eigenvalue weighted by Gasteiger charge is -2.01. The van der Waals surface area contributed by atoms with Crippen molar-refractivity contribution in [3.05, 3.63) is 58.9 Å². The SMILES string of the molecule is C#CC(=O)c1c(-c2ccc(C#N)cc2)nc2c(Cl)cccn12. The first-order valence-corrected chi connectivity index (χ1v) is 6.71. The van der Waals surface area contributed by atoms with Crippen molar-refractivity contribution in [2.75, 3.05) is 0 Å². The molecule has 0 atom stereocenters. The van der Waals surface area contributed by atoms with Gasteiger partial charge in [-0.1, -0.05) is 23.7 Å². The number of hydrogen-bond donors (Lipinski definition) is 0. The Morgan fingerprint density at radius 3 is 2.64 bits per heavy atom. The summed E-state index contributed by atoms with van der Waals surface area (Å²) >= 11 is 6.14. The Kier molecular flexibility index (Phi) is 3.39. The summed E-state index contributed by atoms with van der Waals surface area (Å²) < 4.78 is 1.58. The molecule has 0 N–H and O–H groups in total. The number of carbonyl (C=O) groups excluding carboxylic acids is 1. The number of benzene rings is 1. The van der Waals surface area contributed by atoms with Gasteiger partial charge in [-0.2, -0.15) is 5.26 Å². The van der Waals surface area contributed by atoms with E-state index in [1.807, 2.05) is 6.07 Å². The first-order chi connectivity index (χ1) is 10.7. The number of terminal acetylenes is 1. The van der Waals surface area contributed by atoms with Gasteiger partial charge in [0.2, 0.25) is 0 Å². The number of ketones is 1. The van der Waals surface area contributed by atoms with Gasteiger partial charge in [0.1, 0.15) is 11.4 Å². The molecule has 2 aromatic heterocycles. The minimum absolute atomic E-state index is 0.282.